The van der Waals surface area contributed by atoms with Crippen molar-refractivity contribution in [3.8, 4) is 0 Å². The number of aliphatic carboxylic acids is 1. The molecule has 1 atom stereocenters. The molecule has 0 saturated heterocycles. The second-order valence-electron chi connectivity index (χ2n) is 1.39. The first kappa shape index (κ1) is 11.5. The van der Waals surface area contributed by atoms with Crippen LogP contribution in [0.25, 0.3) is 0 Å². The van der Waals surface area contributed by atoms with Crippen LogP contribution in [0.3, 0.4) is 0 Å². The van der Waals surface area contributed by atoms with E-state index in [4.69, 9.17) is 22.4 Å². The number of carbonyl (C=O) groups is 1. The molecule has 0 heterocycles. The highest BCUT2D eigenvalue weighted by molar-refractivity contribution is 6.17. The molecule has 3 N–H and O–H groups in total. The molecule has 9 heavy (non-hydrogen) atoms. The molecule has 0 spiro atoms. The summed E-state index contributed by atoms with van der Waals surface area (Å²) in [6.07, 6.45) is 0. The summed E-state index contributed by atoms with van der Waals surface area (Å²) in [6.45, 7) is 3.31. The van der Waals surface area contributed by atoms with Crippen LogP contribution in [-0.4, -0.2) is 23.0 Å². The van der Waals surface area contributed by atoms with E-state index in [1.165, 1.54) is 6.92 Å². The predicted octanol–water partition coefficient (Wildman–Crippen LogP) is 0.663. The number of carboxylic acids is 1. The molecule has 0 fully saturated rings. The van der Waals surface area contributed by atoms with Crippen molar-refractivity contribution < 1.29 is 9.90 Å². The molecule has 0 bridgehead atoms. The van der Waals surface area contributed by atoms with Crippen molar-refractivity contribution in [1.29, 1.82) is 0 Å². The normalized spacial score (nSPS) is 11.1. The van der Waals surface area contributed by atoms with E-state index in [1.54, 1.807) is 0 Å². The van der Waals surface area contributed by atoms with Gasteiger partial charge in [0, 0.05) is 5.88 Å². The van der Waals surface area contributed by atoms with E-state index < -0.39 is 12.0 Å². The quantitative estimate of drug-likeness (QED) is 0.544. The van der Waals surface area contributed by atoms with Gasteiger partial charge in [-0.05, 0) is 6.92 Å². The lowest BCUT2D eigenvalue weighted by atomic mass is 10.4. The molecule has 3 nitrogen and oxygen atoms in total. The Hall–Kier alpha value is -0.280. The minimum Gasteiger partial charge on any atom is -0.480 e. The first-order chi connectivity index (χ1) is 4.06. The maximum Gasteiger partial charge on any atom is 0.320 e. The van der Waals surface area contributed by atoms with Crippen molar-refractivity contribution >= 4 is 17.6 Å². The van der Waals surface area contributed by atoms with E-state index in [-0.39, 0.29) is 0 Å². The average molecular weight is 154 g/mol. The maximum atomic E-state index is 9.57. The van der Waals surface area contributed by atoms with Gasteiger partial charge in [0.2, 0.25) is 0 Å². The summed E-state index contributed by atoms with van der Waals surface area (Å²) in [5, 5.41) is 7.87. The van der Waals surface area contributed by atoms with Gasteiger partial charge in [-0.25, -0.2) is 0 Å². The second kappa shape index (κ2) is 7.72. The Bertz CT molecular complexity index is 75.4. The number of nitrogens with two attached hydrogens (primary N) is 1. The standard InChI is InChI=1S/C3H7NO2.C2H5Cl/c1-2(4)3(5)6;1-2-3/h2H,4H2,1H3,(H,5,6);2H2,1H3/t2-;/m0./s1. The maximum absolute atomic E-state index is 9.57. The van der Waals surface area contributed by atoms with Gasteiger partial charge < -0.3 is 10.8 Å². The Morgan fingerprint density at radius 1 is 1.89 bits per heavy atom. The van der Waals surface area contributed by atoms with E-state index >= 15 is 0 Å². The molecule has 0 aromatic carbocycles. The minimum atomic E-state index is -0.963. The molecule has 0 aliphatic carbocycles. The van der Waals surface area contributed by atoms with Crippen LogP contribution in [0.2, 0.25) is 0 Å². The number of halogens is 1. The summed E-state index contributed by atoms with van der Waals surface area (Å²) < 4.78 is 0. The highest BCUT2D eigenvalue weighted by Crippen LogP contribution is 1.68. The van der Waals surface area contributed by atoms with Gasteiger partial charge >= 0.3 is 5.97 Å². The van der Waals surface area contributed by atoms with Crippen molar-refractivity contribution in [2.24, 2.45) is 5.73 Å². The number of carboxylic acid groups (broad SMARTS) is 1. The predicted molar refractivity (Wildman–Crippen MR) is 37.7 cm³/mol. The van der Waals surface area contributed by atoms with Crippen molar-refractivity contribution in [3.05, 3.63) is 0 Å². The molecule has 4 heteroatoms. The van der Waals surface area contributed by atoms with Gasteiger partial charge in [-0.15, -0.1) is 11.6 Å². The van der Waals surface area contributed by atoms with Crippen LogP contribution in [0, 0.1) is 0 Å². The summed E-state index contributed by atoms with van der Waals surface area (Å²) in [7, 11) is 0. The Labute approximate surface area is 59.8 Å². The lowest BCUT2D eigenvalue weighted by molar-refractivity contribution is -0.138. The Morgan fingerprint density at radius 3 is 2.00 bits per heavy atom. The molecule has 0 aliphatic rings. The zero-order valence-corrected chi connectivity index (χ0v) is 6.35. The largest absolute Gasteiger partial charge is 0.480 e. The molecule has 0 amide bonds. The smallest absolute Gasteiger partial charge is 0.320 e. The third-order valence-electron chi connectivity index (χ3n) is 0.390. The molecular weight excluding hydrogens is 142 g/mol. The van der Waals surface area contributed by atoms with Crippen LogP contribution in [0.1, 0.15) is 13.8 Å². The first-order valence-electron chi connectivity index (χ1n) is 2.60. The number of hydrogen-bond acceptors (Lipinski definition) is 2. The van der Waals surface area contributed by atoms with Crippen molar-refractivity contribution in [2.45, 2.75) is 19.9 Å². The molecule has 0 aliphatic heterocycles. The summed E-state index contributed by atoms with van der Waals surface area (Å²) in [5.74, 6) is -0.241. The van der Waals surface area contributed by atoms with Gasteiger partial charge in [0.15, 0.2) is 0 Å². The molecule has 0 radical (unpaired) electrons. The molecule has 56 valence electrons. The van der Waals surface area contributed by atoms with Gasteiger partial charge in [-0.3, -0.25) is 4.79 Å². The van der Waals surface area contributed by atoms with Crippen LogP contribution in [0.15, 0.2) is 0 Å². The van der Waals surface area contributed by atoms with Crippen LogP contribution >= 0.6 is 11.6 Å². The van der Waals surface area contributed by atoms with Gasteiger partial charge in [0.05, 0.1) is 0 Å². The summed E-state index contributed by atoms with van der Waals surface area (Å²) >= 11 is 5.00. The summed E-state index contributed by atoms with van der Waals surface area (Å²) in [4.78, 5) is 9.57. The van der Waals surface area contributed by atoms with Gasteiger partial charge in [0.1, 0.15) is 6.04 Å². The van der Waals surface area contributed by atoms with E-state index in [1.807, 2.05) is 6.92 Å². The topological polar surface area (TPSA) is 63.3 Å². The van der Waals surface area contributed by atoms with Gasteiger partial charge in [0.25, 0.3) is 0 Å². The van der Waals surface area contributed by atoms with E-state index in [0.29, 0.717) is 0 Å². The summed E-state index contributed by atoms with van der Waals surface area (Å²) in [5.41, 5.74) is 4.84. The van der Waals surface area contributed by atoms with E-state index in [0.717, 1.165) is 5.88 Å². The number of rotatable bonds is 1. The highest BCUT2D eigenvalue weighted by atomic mass is 35.5. The van der Waals surface area contributed by atoms with Crippen LogP contribution in [-0.2, 0) is 4.79 Å². The fourth-order valence-corrected chi connectivity index (χ4v) is 0. The Balaban J connectivity index is 0. The van der Waals surface area contributed by atoms with Gasteiger partial charge in [-0.2, -0.15) is 0 Å². The zero-order valence-electron chi connectivity index (χ0n) is 5.60. The SMILES string of the molecule is CCCl.C[C@H](N)C(=O)O. The zero-order chi connectivity index (χ0) is 7.86. The van der Waals surface area contributed by atoms with Crippen molar-refractivity contribution in [2.75, 3.05) is 5.88 Å². The molecule has 0 aromatic heterocycles. The Morgan fingerprint density at radius 2 is 2.00 bits per heavy atom. The van der Waals surface area contributed by atoms with Crippen LogP contribution in [0.5, 0.6) is 0 Å². The molecule has 0 rings (SSSR count). The fraction of sp³-hybridized carbons (Fsp3) is 0.800. The average Bonchev–Trinajstić information content (AvgIpc) is 1.68. The second-order valence-corrected chi connectivity index (χ2v) is 1.93. The molecular formula is C5H12ClNO2. The van der Waals surface area contributed by atoms with E-state index in [9.17, 15) is 4.79 Å². The third kappa shape index (κ3) is 18.3. The number of alkyl halides is 1. The molecule has 0 unspecified atom stereocenters. The van der Waals surface area contributed by atoms with Crippen LogP contribution < -0.4 is 5.73 Å². The lowest BCUT2D eigenvalue weighted by Crippen LogP contribution is -2.25. The molecule has 0 aromatic rings. The van der Waals surface area contributed by atoms with Crippen LogP contribution in [0.4, 0.5) is 0 Å². The first-order valence-corrected chi connectivity index (χ1v) is 3.14. The number of hydrogen-bond donors (Lipinski definition) is 2. The van der Waals surface area contributed by atoms with E-state index in [2.05, 4.69) is 0 Å². The summed E-state index contributed by atoms with van der Waals surface area (Å²) in [6, 6.07) is -0.731. The van der Waals surface area contributed by atoms with Crippen molar-refractivity contribution in [3.63, 3.8) is 0 Å². The minimum absolute atomic E-state index is 0.722. The Kier molecular flexibility index (Phi) is 9.87. The highest BCUT2D eigenvalue weighted by Gasteiger charge is 1.99. The van der Waals surface area contributed by atoms with Crippen molar-refractivity contribution in [1.82, 2.24) is 0 Å². The fourth-order valence-electron chi connectivity index (χ4n) is 0. The third-order valence-corrected chi connectivity index (χ3v) is 0.390. The monoisotopic (exact) mass is 153 g/mol. The lowest BCUT2D eigenvalue weighted by Gasteiger charge is -1.90. The van der Waals surface area contributed by atoms with Gasteiger partial charge in [-0.1, -0.05) is 6.92 Å². The molecule has 0 saturated carbocycles.